The molecule has 0 saturated carbocycles. The Morgan fingerprint density at radius 2 is 2.20 bits per heavy atom. The van der Waals surface area contributed by atoms with Crippen LogP contribution in [-0.4, -0.2) is 32.3 Å². The number of rotatable bonds is 4. The molecule has 4 N–H and O–H groups in total. The lowest BCUT2D eigenvalue weighted by molar-refractivity contribution is 0.0697. The number of carbonyl (C=O) groups is 2. The van der Waals surface area contributed by atoms with Crippen LogP contribution in [0, 0.1) is 13.8 Å². The zero-order chi connectivity index (χ0) is 14.7. The van der Waals surface area contributed by atoms with Gasteiger partial charge in [-0.3, -0.25) is 10.4 Å². The van der Waals surface area contributed by atoms with Crippen molar-refractivity contribution in [1.29, 1.82) is 0 Å². The number of nitrogens with one attached hydrogen (secondary N) is 3. The Morgan fingerprint density at radius 3 is 2.80 bits per heavy atom. The van der Waals surface area contributed by atoms with Gasteiger partial charge in [-0.25, -0.2) is 14.6 Å². The van der Waals surface area contributed by atoms with Gasteiger partial charge in [0.25, 0.3) is 0 Å². The third-order valence-electron chi connectivity index (χ3n) is 2.71. The van der Waals surface area contributed by atoms with Crippen LogP contribution in [0.25, 0.3) is 0 Å². The SMILES string of the molecule is Cc1sc(NC(=O)NCc2ncn[nH]2)c(C(=O)O)c1C. The highest BCUT2D eigenvalue weighted by Gasteiger charge is 2.20. The second-order valence-electron chi connectivity index (χ2n) is 4.03. The predicted molar refractivity (Wildman–Crippen MR) is 73.0 cm³/mol. The molecule has 0 spiro atoms. The number of anilines is 1. The van der Waals surface area contributed by atoms with Crippen molar-refractivity contribution in [2.24, 2.45) is 0 Å². The number of carboxylic acids is 1. The van der Waals surface area contributed by atoms with Crippen LogP contribution in [0.5, 0.6) is 0 Å². The van der Waals surface area contributed by atoms with Crippen LogP contribution in [0.2, 0.25) is 0 Å². The quantitative estimate of drug-likeness (QED) is 0.681. The van der Waals surface area contributed by atoms with Crippen LogP contribution in [0.3, 0.4) is 0 Å². The molecule has 0 saturated heterocycles. The number of H-pyrrole nitrogens is 1. The van der Waals surface area contributed by atoms with Crippen molar-refractivity contribution in [3.05, 3.63) is 28.2 Å². The Kier molecular flexibility index (Phi) is 3.99. The molecule has 2 aromatic heterocycles. The minimum absolute atomic E-state index is 0.127. The molecule has 0 unspecified atom stereocenters. The van der Waals surface area contributed by atoms with Gasteiger partial charge in [-0.1, -0.05) is 0 Å². The molecule has 20 heavy (non-hydrogen) atoms. The number of nitrogens with zero attached hydrogens (tertiary/aromatic N) is 2. The molecule has 0 aliphatic heterocycles. The summed E-state index contributed by atoms with van der Waals surface area (Å²) in [5.41, 5.74) is 0.787. The summed E-state index contributed by atoms with van der Waals surface area (Å²) in [5.74, 6) is -0.547. The number of aromatic amines is 1. The van der Waals surface area contributed by atoms with Gasteiger partial charge in [0.2, 0.25) is 0 Å². The van der Waals surface area contributed by atoms with Gasteiger partial charge >= 0.3 is 12.0 Å². The van der Waals surface area contributed by atoms with Gasteiger partial charge in [-0.05, 0) is 19.4 Å². The van der Waals surface area contributed by atoms with Crippen molar-refractivity contribution in [3.8, 4) is 0 Å². The summed E-state index contributed by atoms with van der Waals surface area (Å²) in [7, 11) is 0. The van der Waals surface area contributed by atoms with E-state index in [0.29, 0.717) is 16.4 Å². The van der Waals surface area contributed by atoms with Crippen molar-refractivity contribution in [1.82, 2.24) is 20.5 Å². The van der Waals surface area contributed by atoms with Gasteiger partial charge in [0.1, 0.15) is 17.2 Å². The van der Waals surface area contributed by atoms with Crippen molar-refractivity contribution in [2.45, 2.75) is 20.4 Å². The number of thiophene rings is 1. The summed E-state index contributed by atoms with van der Waals surface area (Å²) in [4.78, 5) is 27.6. The molecular weight excluding hydrogens is 282 g/mol. The molecule has 0 aliphatic carbocycles. The molecule has 106 valence electrons. The molecular formula is C11H13N5O3S. The number of carboxylic acid groups (broad SMARTS) is 1. The number of amides is 2. The van der Waals surface area contributed by atoms with E-state index in [0.717, 1.165) is 4.88 Å². The standard InChI is InChI=1S/C11H13N5O3S/c1-5-6(2)20-9(8(5)10(17)18)15-11(19)12-3-7-13-4-14-16-7/h4H,3H2,1-2H3,(H,17,18)(H2,12,15,19)(H,13,14,16). The minimum Gasteiger partial charge on any atom is -0.478 e. The van der Waals surface area contributed by atoms with Gasteiger partial charge in [0.05, 0.1) is 12.1 Å². The summed E-state index contributed by atoms with van der Waals surface area (Å²) >= 11 is 1.23. The Labute approximate surface area is 118 Å². The smallest absolute Gasteiger partial charge is 0.338 e. The lowest BCUT2D eigenvalue weighted by Crippen LogP contribution is -2.28. The van der Waals surface area contributed by atoms with E-state index in [1.54, 1.807) is 6.92 Å². The highest BCUT2D eigenvalue weighted by atomic mass is 32.1. The lowest BCUT2D eigenvalue weighted by Gasteiger charge is -2.05. The molecule has 2 aromatic rings. The molecule has 2 heterocycles. The first-order chi connectivity index (χ1) is 9.49. The highest BCUT2D eigenvalue weighted by Crippen LogP contribution is 2.32. The number of carbonyl (C=O) groups excluding carboxylic acids is 1. The van der Waals surface area contributed by atoms with E-state index in [2.05, 4.69) is 25.8 Å². The molecule has 0 atom stereocenters. The second kappa shape index (κ2) is 5.70. The Balaban J connectivity index is 2.04. The van der Waals surface area contributed by atoms with Crippen LogP contribution in [0.1, 0.15) is 26.6 Å². The average Bonchev–Trinajstić information content (AvgIpc) is 2.96. The number of aryl methyl sites for hydroxylation is 1. The Bertz CT molecular complexity index is 635. The largest absolute Gasteiger partial charge is 0.478 e. The fraction of sp³-hybridized carbons (Fsp3) is 0.273. The monoisotopic (exact) mass is 295 g/mol. The van der Waals surface area contributed by atoms with Crippen molar-refractivity contribution in [3.63, 3.8) is 0 Å². The van der Waals surface area contributed by atoms with Crippen molar-refractivity contribution < 1.29 is 14.7 Å². The van der Waals surface area contributed by atoms with Crippen LogP contribution >= 0.6 is 11.3 Å². The summed E-state index contributed by atoms with van der Waals surface area (Å²) < 4.78 is 0. The second-order valence-corrected chi connectivity index (χ2v) is 5.26. The van der Waals surface area contributed by atoms with Crippen LogP contribution < -0.4 is 10.6 Å². The lowest BCUT2D eigenvalue weighted by atomic mass is 10.1. The Morgan fingerprint density at radius 1 is 1.45 bits per heavy atom. The summed E-state index contributed by atoms with van der Waals surface area (Å²) in [6, 6.07) is -0.495. The average molecular weight is 295 g/mol. The molecule has 0 aromatic carbocycles. The summed E-state index contributed by atoms with van der Waals surface area (Å²) in [6.45, 7) is 3.70. The fourth-order valence-corrected chi connectivity index (χ4v) is 2.65. The number of urea groups is 1. The first kappa shape index (κ1) is 14.0. The zero-order valence-electron chi connectivity index (χ0n) is 10.9. The fourth-order valence-electron chi connectivity index (χ4n) is 1.60. The van der Waals surface area contributed by atoms with E-state index in [9.17, 15) is 9.59 Å². The summed E-state index contributed by atoms with van der Waals surface area (Å²) in [5, 5.41) is 20.8. The predicted octanol–water partition coefficient (Wildman–Crippen LogP) is 1.50. The van der Waals surface area contributed by atoms with Crippen LogP contribution in [0.4, 0.5) is 9.80 Å². The first-order valence-electron chi connectivity index (χ1n) is 5.71. The zero-order valence-corrected chi connectivity index (χ0v) is 11.7. The normalized spacial score (nSPS) is 10.3. The number of aromatic carboxylic acids is 1. The van der Waals surface area contributed by atoms with Crippen molar-refractivity contribution >= 4 is 28.3 Å². The van der Waals surface area contributed by atoms with E-state index < -0.39 is 12.0 Å². The van der Waals surface area contributed by atoms with Crippen LogP contribution in [-0.2, 0) is 6.54 Å². The molecule has 0 radical (unpaired) electrons. The third-order valence-corrected chi connectivity index (χ3v) is 3.83. The van der Waals surface area contributed by atoms with Gasteiger partial charge in [0, 0.05) is 4.88 Å². The van der Waals surface area contributed by atoms with Gasteiger partial charge in [-0.2, -0.15) is 5.10 Å². The van der Waals surface area contributed by atoms with Gasteiger partial charge in [0.15, 0.2) is 0 Å². The Hall–Kier alpha value is -2.42. The van der Waals surface area contributed by atoms with E-state index in [-0.39, 0.29) is 12.1 Å². The number of aromatic nitrogens is 3. The molecule has 0 fully saturated rings. The third kappa shape index (κ3) is 2.94. The molecule has 9 heteroatoms. The van der Waals surface area contributed by atoms with E-state index in [1.165, 1.54) is 17.7 Å². The van der Waals surface area contributed by atoms with E-state index >= 15 is 0 Å². The maximum Gasteiger partial charge on any atom is 0.338 e. The van der Waals surface area contributed by atoms with Crippen molar-refractivity contribution in [2.75, 3.05) is 5.32 Å². The maximum absolute atomic E-state index is 11.7. The maximum atomic E-state index is 11.7. The molecule has 8 nitrogen and oxygen atoms in total. The van der Waals surface area contributed by atoms with E-state index in [1.807, 2.05) is 6.92 Å². The molecule has 2 amide bonds. The topological polar surface area (TPSA) is 120 Å². The number of hydrogen-bond donors (Lipinski definition) is 4. The minimum atomic E-state index is -1.06. The highest BCUT2D eigenvalue weighted by molar-refractivity contribution is 7.16. The molecule has 0 bridgehead atoms. The first-order valence-corrected chi connectivity index (χ1v) is 6.53. The summed E-state index contributed by atoms with van der Waals surface area (Å²) in [6.07, 6.45) is 1.34. The molecule has 0 aliphatic rings. The van der Waals surface area contributed by atoms with Gasteiger partial charge in [-0.15, -0.1) is 11.3 Å². The number of hydrogen-bond acceptors (Lipinski definition) is 5. The van der Waals surface area contributed by atoms with Crippen LogP contribution in [0.15, 0.2) is 6.33 Å². The molecule has 2 rings (SSSR count). The van der Waals surface area contributed by atoms with Gasteiger partial charge < -0.3 is 10.4 Å². The van der Waals surface area contributed by atoms with E-state index in [4.69, 9.17) is 5.11 Å².